The van der Waals surface area contributed by atoms with Gasteiger partial charge in [-0.05, 0) is 61.0 Å². The number of rotatable bonds is 9. The highest BCUT2D eigenvalue weighted by Gasteiger charge is 2.12. The van der Waals surface area contributed by atoms with Crippen molar-refractivity contribution in [2.24, 2.45) is 0 Å². The third kappa shape index (κ3) is 5.59. The number of imidazole rings is 1. The molecule has 3 aromatic carbocycles. The van der Waals surface area contributed by atoms with Crippen LogP contribution >= 0.6 is 11.6 Å². The molecule has 0 aliphatic heterocycles. The molecule has 32 heavy (non-hydrogen) atoms. The van der Waals surface area contributed by atoms with E-state index in [0.29, 0.717) is 30.5 Å². The lowest BCUT2D eigenvalue weighted by molar-refractivity contribution is -0.123. The van der Waals surface area contributed by atoms with Gasteiger partial charge >= 0.3 is 0 Å². The van der Waals surface area contributed by atoms with Gasteiger partial charge in [-0.15, -0.1) is 0 Å². The zero-order chi connectivity index (χ0) is 22.3. The third-order valence-corrected chi connectivity index (χ3v) is 5.19. The summed E-state index contributed by atoms with van der Waals surface area (Å²) < 4.78 is 13.5. The molecule has 4 aromatic rings. The first-order valence-corrected chi connectivity index (χ1v) is 10.7. The monoisotopic (exact) mass is 449 g/mol. The number of aryl methyl sites for hydroxylation is 1. The van der Waals surface area contributed by atoms with E-state index in [1.807, 2.05) is 55.5 Å². The van der Waals surface area contributed by atoms with Gasteiger partial charge in [0.05, 0.1) is 24.1 Å². The van der Waals surface area contributed by atoms with Gasteiger partial charge in [0.2, 0.25) is 0 Å². The van der Waals surface area contributed by atoms with Crippen LogP contribution < -0.4 is 14.8 Å². The molecule has 0 radical (unpaired) electrons. The number of hydrogen-bond donors (Lipinski definition) is 1. The summed E-state index contributed by atoms with van der Waals surface area (Å²) in [4.78, 5) is 17.0. The summed E-state index contributed by atoms with van der Waals surface area (Å²) >= 11 is 5.87. The average Bonchev–Trinajstić information content (AvgIpc) is 3.15. The van der Waals surface area contributed by atoms with Crippen LogP contribution in [0.1, 0.15) is 11.4 Å². The van der Waals surface area contributed by atoms with E-state index >= 15 is 0 Å². The van der Waals surface area contributed by atoms with Crippen molar-refractivity contribution >= 4 is 28.5 Å². The summed E-state index contributed by atoms with van der Waals surface area (Å²) in [5.41, 5.74) is 3.03. The van der Waals surface area contributed by atoms with Gasteiger partial charge < -0.3 is 19.4 Å². The van der Waals surface area contributed by atoms with Gasteiger partial charge in [0.25, 0.3) is 5.91 Å². The molecule has 0 unspecified atom stereocenters. The second-order valence-electron chi connectivity index (χ2n) is 7.35. The number of para-hydroxylation sites is 2. The lowest BCUT2D eigenvalue weighted by Gasteiger charge is -2.12. The van der Waals surface area contributed by atoms with Crippen molar-refractivity contribution in [3.63, 3.8) is 0 Å². The maximum Gasteiger partial charge on any atom is 0.258 e. The first kappa shape index (κ1) is 21.7. The standard InChI is InChI=1S/C25H24ClN3O3/c1-18-5-4-6-21(15-18)31-14-13-29-23-8-3-2-7-22(23)28-24(29)16-27-25(30)17-32-20-11-9-19(26)10-12-20/h2-12,15H,13-14,16-17H2,1H3,(H,27,30). The molecule has 1 N–H and O–H groups in total. The Bertz CT molecular complexity index is 1200. The van der Waals surface area contributed by atoms with Crippen LogP contribution in [0.3, 0.4) is 0 Å². The quantitative estimate of drug-likeness (QED) is 0.399. The van der Waals surface area contributed by atoms with Crippen molar-refractivity contribution in [3.05, 3.63) is 89.2 Å². The molecule has 4 rings (SSSR count). The predicted molar refractivity (Wildman–Crippen MR) is 125 cm³/mol. The molecule has 0 fully saturated rings. The van der Waals surface area contributed by atoms with Crippen LogP contribution in [0.2, 0.25) is 5.02 Å². The van der Waals surface area contributed by atoms with Gasteiger partial charge in [-0.3, -0.25) is 4.79 Å². The molecule has 1 heterocycles. The largest absolute Gasteiger partial charge is 0.492 e. The Morgan fingerprint density at radius 1 is 1.00 bits per heavy atom. The SMILES string of the molecule is Cc1cccc(OCCn2c(CNC(=O)COc3ccc(Cl)cc3)nc3ccccc32)c1. The molecule has 0 spiro atoms. The highest BCUT2D eigenvalue weighted by atomic mass is 35.5. The molecular formula is C25H24ClN3O3. The average molecular weight is 450 g/mol. The molecule has 164 valence electrons. The summed E-state index contributed by atoms with van der Waals surface area (Å²) in [7, 11) is 0. The van der Waals surface area contributed by atoms with Crippen LogP contribution in [-0.4, -0.2) is 28.7 Å². The molecule has 0 saturated carbocycles. The Balaban J connectivity index is 1.38. The van der Waals surface area contributed by atoms with Crippen LogP contribution in [0.5, 0.6) is 11.5 Å². The molecule has 0 atom stereocenters. The molecule has 7 heteroatoms. The first-order valence-electron chi connectivity index (χ1n) is 10.4. The lowest BCUT2D eigenvalue weighted by Crippen LogP contribution is -2.29. The zero-order valence-electron chi connectivity index (χ0n) is 17.8. The Kier molecular flexibility index (Phi) is 6.92. The highest BCUT2D eigenvalue weighted by molar-refractivity contribution is 6.30. The summed E-state index contributed by atoms with van der Waals surface area (Å²) in [5.74, 6) is 1.96. The van der Waals surface area contributed by atoms with E-state index in [2.05, 4.69) is 14.9 Å². The second kappa shape index (κ2) is 10.2. The molecule has 1 amide bonds. The summed E-state index contributed by atoms with van der Waals surface area (Å²) in [6.45, 7) is 3.35. The number of amides is 1. The number of halogens is 1. The van der Waals surface area contributed by atoms with E-state index in [1.54, 1.807) is 24.3 Å². The summed E-state index contributed by atoms with van der Waals surface area (Å²) in [6.07, 6.45) is 0. The van der Waals surface area contributed by atoms with E-state index in [1.165, 1.54) is 0 Å². The summed E-state index contributed by atoms with van der Waals surface area (Å²) in [6, 6.07) is 22.8. The minimum Gasteiger partial charge on any atom is -0.492 e. The molecule has 6 nitrogen and oxygen atoms in total. The Hall–Kier alpha value is -3.51. The van der Waals surface area contributed by atoms with Crippen molar-refractivity contribution in [1.29, 1.82) is 0 Å². The molecule has 0 aliphatic rings. The second-order valence-corrected chi connectivity index (χ2v) is 7.79. The lowest BCUT2D eigenvalue weighted by atomic mass is 10.2. The van der Waals surface area contributed by atoms with Crippen molar-refractivity contribution in [3.8, 4) is 11.5 Å². The van der Waals surface area contributed by atoms with Crippen LogP contribution in [0, 0.1) is 6.92 Å². The number of fused-ring (bicyclic) bond motifs is 1. The minimum absolute atomic E-state index is 0.0850. The predicted octanol–water partition coefficient (Wildman–Crippen LogP) is 4.77. The third-order valence-electron chi connectivity index (χ3n) is 4.93. The fraction of sp³-hybridized carbons (Fsp3) is 0.200. The van der Waals surface area contributed by atoms with Gasteiger partial charge in [-0.1, -0.05) is 35.9 Å². The van der Waals surface area contributed by atoms with E-state index in [0.717, 1.165) is 28.2 Å². The maximum absolute atomic E-state index is 12.3. The number of hydrogen-bond acceptors (Lipinski definition) is 4. The number of benzene rings is 3. The highest BCUT2D eigenvalue weighted by Crippen LogP contribution is 2.18. The van der Waals surface area contributed by atoms with E-state index in [4.69, 9.17) is 21.1 Å². The number of carbonyl (C=O) groups excluding carboxylic acids is 1. The molecular weight excluding hydrogens is 426 g/mol. The fourth-order valence-corrected chi connectivity index (χ4v) is 3.50. The van der Waals surface area contributed by atoms with Crippen molar-refractivity contribution in [2.75, 3.05) is 13.2 Å². The molecule has 0 aliphatic carbocycles. The van der Waals surface area contributed by atoms with Crippen LogP contribution in [-0.2, 0) is 17.9 Å². The Morgan fingerprint density at radius 3 is 2.62 bits per heavy atom. The topological polar surface area (TPSA) is 65.4 Å². The maximum atomic E-state index is 12.3. The van der Waals surface area contributed by atoms with Crippen molar-refractivity contribution < 1.29 is 14.3 Å². The van der Waals surface area contributed by atoms with E-state index < -0.39 is 0 Å². The van der Waals surface area contributed by atoms with E-state index in [9.17, 15) is 4.79 Å². The number of ether oxygens (including phenoxy) is 2. The van der Waals surface area contributed by atoms with Gasteiger partial charge in [0.1, 0.15) is 23.9 Å². The van der Waals surface area contributed by atoms with Gasteiger partial charge in [0.15, 0.2) is 6.61 Å². The number of aromatic nitrogens is 2. The Labute approximate surface area is 191 Å². The van der Waals surface area contributed by atoms with Crippen LogP contribution in [0.4, 0.5) is 0 Å². The number of carbonyl (C=O) groups is 1. The van der Waals surface area contributed by atoms with Gasteiger partial charge in [-0.2, -0.15) is 0 Å². The van der Waals surface area contributed by atoms with Gasteiger partial charge in [-0.25, -0.2) is 4.98 Å². The summed E-state index contributed by atoms with van der Waals surface area (Å²) in [5, 5.41) is 3.50. The first-order chi connectivity index (χ1) is 15.6. The van der Waals surface area contributed by atoms with Gasteiger partial charge in [0, 0.05) is 5.02 Å². The van der Waals surface area contributed by atoms with E-state index in [-0.39, 0.29) is 12.5 Å². The zero-order valence-corrected chi connectivity index (χ0v) is 18.5. The fourth-order valence-electron chi connectivity index (χ4n) is 3.38. The molecule has 1 aromatic heterocycles. The smallest absolute Gasteiger partial charge is 0.258 e. The van der Waals surface area contributed by atoms with Crippen LogP contribution in [0.15, 0.2) is 72.8 Å². The van der Waals surface area contributed by atoms with Crippen molar-refractivity contribution in [2.45, 2.75) is 20.0 Å². The van der Waals surface area contributed by atoms with Crippen LogP contribution in [0.25, 0.3) is 11.0 Å². The Morgan fingerprint density at radius 2 is 1.81 bits per heavy atom. The minimum atomic E-state index is -0.227. The van der Waals surface area contributed by atoms with Crippen molar-refractivity contribution in [1.82, 2.24) is 14.9 Å². The number of nitrogens with zero attached hydrogens (tertiary/aromatic N) is 2. The molecule has 0 bridgehead atoms. The molecule has 0 saturated heterocycles. The normalized spacial score (nSPS) is 10.8. The number of nitrogens with one attached hydrogen (secondary N) is 1.